The van der Waals surface area contributed by atoms with Gasteiger partial charge >= 0.3 is 0 Å². The quantitative estimate of drug-likeness (QED) is 0.550. The Balaban J connectivity index is 2.32. The van der Waals surface area contributed by atoms with E-state index < -0.39 is 0 Å². The molecule has 1 nitrogen and oxygen atoms in total. The Hall–Kier alpha value is -0.300. The third-order valence-electron chi connectivity index (χ3n) is 2.74. The molecule has 0 aromatic heterocycles. The lowest BCUT2D eigenvalue weighted by molar-refractivity contribution is 0.169. The van der Waals surface area contributed by atoms with Crippen LogP contribution in [0.1, 0.15) is 26.7 Å². The molecule has 1 fully saturated rings. The van der Waals surface area contributed by atoms with E-state index in [-0.39, 0.29) is 0 Å². The molecule has 1 atom stereocenters. The SMILES string of the molecule is C=C[C@H](C)N1CCC(C)CC1. The number of nitrogens with zero attached hydrogens (tertiary/aromatic N) is 1. The maximum Gasteiger partial charge on any atom is 0.0247 e. The van der Waals surface area contributed by atoms with Crippen molar-refractivity contribution < 1.29 is 0 Å². The van der Waals surface area contributed by atoms with Gasteiger partial charge in [-0.1, -0.05) is 13.0 Å². The molecule has 64 valence electrons. The number of rotatable bonds is 2. The Labute approximate surface area is 70.1 Å². The first kappa shape index (κ1) is 8.79. The molecule has 0 unspecified atom stereocenters. The second kappa shape index (κ2) is 3.91. The summed E-state index contributed by atoms with van der Waals surface area (Å²) < 4.78 is 0. The predicted octanol–water partition coefficient (Wildman–Crippen LogP) is 2.29. The lowest BCUT2D eigenvalue weighted by Crippen LogP contribution is -2.38. The van der Waals surface area contributed by atoms with Gasteiger partial charge in [0.05, 0.1) is 0 Å². The molecule has 1 aliphatic heterocycles. The lowest BCUT2D eigenvalue weighted by Gasteiger charge is -2.33. The van der Waals surface area contributed by atoms with Gasteiger partial charge in [0.25, 0.3) is 0 Å². The van der Waals surface area contributed by atoms with Crippen LogP contribution in [0.4, 0.5) is 0 Å². The van der Waals surface area contributed by atoms with Gasteiger partial charge in [-0.2, -0.15) is 0 Å². The van der Waals surface area contributed by atoms with Gasteiger partial charge in [0.1, 0.15) is 0 Å². The Kier molecular flexibility index (Phi) is 3.13. The highest BCUT2D eigenvalue weighted by Crippen LogP contribution is 2.17. The zero-order valence-corrected chi connectivity index (χ0v) is 7.71. The zero-order chi connectivity index (χ0) is 8.27. The Bertz CT molecular complexity index is 123. The van der Waals surface area contributed by atoms with E-state index in [9.17, 15) is 0 Å². The Morgan fingerprint density at radius 1 is 1.45 bits per heavy atom. The minimum Gasteiger partial charge on any atom is -0.297 e. The van der Waals surface area contributed by atoms with E-state index in [4.69, 9.17) is 0 Å². The van der Waals surface area contributed by atoms with Crippen LogP contribution in [0.25, 0.3) is 0 Å². The monoisotopic (exact) mass is 153 g/mol. The predicted molar refractivity (Wildman–Crippen MR) is 49.6 cm³/mol. The summed E-state index contributed by atoms with van der Waals surface area (Å²) >= 11 is 0. The number of piperidine rings is 1. The number of likely N-dealkylation sites (tertiary alicyclic amines) is 1. The average molecular weight is 153 g/mol. The van der Waals surface area contributed by atoms with E-state index in [2.05, 4.69) is 25.3 Å². The summed E-state index contributed by atoms with van der Waals surface area (Å²) in [6, 6.07) is 0.572. The van der Waals surface area contributed by atoms with Gasteiger partial charge in [-0.3, -0.25) is 4.90 Å². The first-order valence-corrected chi connectivity index (χ1v) is 4.60. The van der Waals surface area contributed by atoms with Crippen molar-refractivity contribution in [2.75, 3.05) is 13.1 Å². The lowest BCUT2D eigenvalue weighted by atomic mass is 9.98. The first-order chi connectivity index (χ1) is 5.24. The third-order valence-corrected chi connectivity index (χ3v) is 2.74. The van der Waals surface area contributed by atoms with Crippen LogP contribution in [0.3, 0.4) is 0 Å². The molecule has 0 N–H and O–H groups in total. The Morgan fingerprint density at radius 2 is 2.00 bits per heavy atom. The van der Waals surface area contributed by atoms with Crippen LogP contribution < -0.4 is 0 Å². The average Bonchev–Trinajstić information content (AvgIpc) is 2.05. The van der Waals surface area contributed by atoms with Gasteiger partial charge in [0.15, 0.2) is 0 Å². The second-order valence-electron chi connectivity index (χ2n) is 3.69. The van der Waals surface area contributed by atoms with Crippen molar-refractivity contribution in [2.24, 2.45) is 5.92 Å². The van der Waals surface area contributed by atoms with E-state index in [0.29, 0.717) is 6.04 Å². The van der Waals surface area contributed by atoms with Crippen molar-refractivity contribution in [3.63, 3.8) is 0 Å². The summed E-state index contributed by atoms with van der Waals surface area (Å²) in [5, 5.41) is 0. The minimum absolute atomic E-state index is 0.572. The fourth-order valence-electron chi connectivity index (χ4n) is 1.58. The van der Waals surface area contributed by atoms with Gasteiger partial charge in [0, 0.05) is 6.04 Å². The van der Waals surface area contributed by atoms with Gasteiger partial charge in [0.2, 0.25) is 0 Å². The van der Waals surface area contributed by atoms with Crippen LogP contribution in [-0.2, 0) is 0 Å². The molecule has 0 aromatic carbocycles. The van der Waals surface area contributed by atoms with Crippen LogP contribution in [0.5, 0.6) is 0 Å². The van der Waals surface area contributed by atoms with Crippen LogP contribution in [0.2, 0.25) is 0 Å². The first-order valence-electron chi connectivity index (χ1n) is 4.60. The van der Waals surface area contributed by atoms with Crippen LogP contribution >= 0.6 is 0 Å². The standard InChI is InChI=1S/C10H19N/c1-4-10(3)11-7-5-9(2)6-8-11/h4,9-10H,1,5-8H2,2-3H3/t10-/m0/s1. The summed E-state index contributed by atoms with van der Waals surface area (Å²) in [6.07, 6.45) is 4.76. The van der Waals surface area contributed by atoms with Crippen molar-refractivity contribution in [1.29, 1.82) is 0 Å². The molecule has 0 saturated carbocycles. The highest BCUT2D eigenvalue weighted by Gasteiger charge is 2.17. The normalized spacial score (nSPS) is 24.9. The summed E-state index contributed by atoms with van der Waals surface area (Å²) in [7, 11) is 0. The van der Waals surface area contributed by atoms with Crippen LogP contribution in [-0.4, -0.2) is 24.0 Å². The molecular weight excluding hydrogens is 134 g/mol. The molecule has 1 heteroatoms. The van der Waals surface area contributed by atoms with Crippen LogP contribution in [0, 0.1) is 5.92 Å². The van der Waals surface area contributed by atoms with Crippen molar-refractivity contribution in [3.8, 4) is 0 Å². The molecular formula is C10H19N. The van der Waals surface area contributed by atoms with Crippen molar-refractivity contribution in [3.05, 3.63) is 12.7 Å². The fourth-order valence-corrected chi connectivity index (χ4v) is 1.58. The van der Waals surface area contributed by atoms with Gasteiger partial charge in [-0.05, 0) is 38.8 Å². The van der Waals surface area contributed by atoms with Crippen molar-refractivity contribution >= 4 is 0 Å². The summed E-state index contributed by atoms with van der Waals surface area (Å²) in [5.74, 6) is 0.934. The molecule has 0 aromatic rings. The number of hydrogen-bond donors (Lipinski definition) is 0. The zero-order valence-electron chi connectivity index (χ0n) is 7.71. The van der Waals surface area contributed by atoms with Gasteiger partial charge in [-0.25, -0.2) is 0 Å². The largest absolute Gasteiger partial charge is 0.297 e. The van der Waals surface area contributed by atoms with E-state index in [1.807, 2.05) is 6.08 Å². The molecule has 0 amide bonds. The van der Waals surface area contributed by atoms with Crippen molar-refractivity contribution in [2.45, 2.75) is 32.7 Å². The van der Waals surface area contributed by atoms with Gasteiger partial charge in [-0.15, -0.1) is 6.58 Å². The number of hydrogen-bond acceptors (Lipinski definition) is 1. The van der Waals surface area contributed by atoms with E-state index in [1.165, 1.54) is 25.9 Å². The second-order valence-corrected chi connectivity index (χ2v) is 3.69. The molecule has 1 heterocycles. The molecule has 0 radical (unpaired) electrons. The molecule has 11 heavy (non-hydrogen) atoms. The maximum atomic E-state index is 3.81. The molecule has 0 aliphatic carbocycles. The molecule has 0 bridgehead atoms. The smallest absolute Gasteiger partial charge is 0.0247 e. The highest BCUT2D eigenvalue weighted by molar-refractivity contribution is 4.86. The highest BCUT2D eigenvalue weighted by atomic mass is 15.1. The summed E-state index contributed by atoms with van der Waals surface area (Å²) in [5.41, 5.74) is 0. The van der Waals surface area contributed by atoms with E-state index in [1.54, 1.807) is 0 Å². The topological polar surface area (TPSA) is 3.24 Å². The fraction of sp³-hybridized carbons (Fsp3) is 0.800. The molecule has 1 saturated heterocycles. The minimum atomic E-state index is 0.572. The summed E-state index contributed by atoms with van der Waals surface area (Å²) in [4.78, 5) is 2.51. The van der Waals surface area contributed by atoms with Crippen molar-refractivity contribution in [1.82, 2.24) is 4.90 Å². The van der Waals surface area contributed by atoms with Crippen LogP contribution in [0.15, 0.2) is 12.7 Å². The maximum absolute atomic E-state index is 3.81. The molecule has 1 aliphatic rings. The van der Waals surface area contributed by atoms with Gasteiger partial charge < -0.3 is 0 Å². The molecule has 1 rings (SSSR count). The third kappa shape index (κ3) is 2.33. The Morgan fingerprint density at radius 3 is 2.45 bits per heavy atom. The van der Waals surface area contributed by atoms with E-state index >= 15 is 0 Å². The summed E-state index contributed by atoms with van der Waals surface area (Å²) in [6.45, 7) is 10.9. The molecule has 0 spiro atoms. The van der Waals surface area contributed by atoms with E-state index in [0.717, 1.165) is 5.92 Å².